The second-order valence-corrected chi connectivity index (χ2v) is 9.60. The van der Waals surface area contributed by atoms with Gasteiger partial charge >= 0.3 is 17.6 Å². The smallest absolute Gasteiger partial charge is 0.344 e. The molecule has 40 heavy (non-hydrogen) atoms. The van der Waals surface area contributed by atoms with Crippen LogP contribution in [-0.4, -0.2) is 31.6 Å². The van der Waals surface area contributed by atoms with Crippen molar-refractivity contribution in [2.75, 3.05) is 13.2 Å². The number of rotatable bonds is 15. The number of benzene rings is 2. The monoisotopic (exact) mass is 546 g/mol. The average Bonchev–Trinajstić information content (AvgIpc) is 2.92. The Balaban J connectivity index is 1.83. The third-order valence-corrected chi connectivity index (χ3v) is 6.23. The van der Waals surface area contributed by atoms with Crippen molar-refractivity contribution in [3.05, 3.63) is 88.3 Å². The Bertz CT molecular complexity index is 1450. The van der Waals surface area contributed by atoms with E-state index in [1.807, 2.05) is 12.1 Å². The number of esters is 2. The average molecular weight is 547 g/mol. The van der Waals surface area contributed by atoms with Crippen LogP contribution >= 0.6 is 0 Å². The molecule has 0 aliphatic heterocycles. The third-order valence-electron chi connectivity index (χ3n) is 6.23. The van der Waals surface area contributed by atoms with E-state index < -0.39 is 17.6 Å². The summed E-state index contributed by atoms with van der Waals surface area (Å²) in [6.45, 7) is 11.4. The van der Waals surface area contributed by atoms with Gasteiger partial charge in [-0.3, -0.25) is 4.79 Å². The van der Waals surface area contributed by atoms with E-state index >= 15 is 0 Å². The lowest BCUT2D eigenvalue weighted by atomic mass is 9.95. The fourth-order valence-corrected chi connectivity index (χ4v) is 4.07. The molecule has 0 aliphatic rings. The highest BCUT2D eigenvalue weighted by Crippen LogP contribution is 2.27. The van der Waals surface area contributed by atoms with Crippen molar-refractivity contribution < 1.29 is 33.0 Å². The van der Waals surface area contributed by atoms with Crippen LogP contribution in [0.2, 0.25) is 0 Å². The lowest BCUT2D eigenvalue weighted by molar-refractivity contribution is -0.139. The van der Waals surface area contributed by atoms with Crippen LogP contribution < -0.4 is 10.4 Å². The molecule has 1 aromatic heterocycles. The molecule has 0 unspecified atom stereocenters. The SMILES string of the molecule is C=C(C)C(=O)OCCCCc1cc2oc(=O)c(-c3ccc(OC(=O)C(=C)C)cc3)cc2cc1CCCCOC=O. The molecule has 0 fully saturated rings. The summed E-state index contributed by atoms with van der Waals surface area (Å²) < 4.78 is 20.9. The topological polar surface area (TPSA) is 109 Å². The number of carbonyl (C=O) groups excluding carboxylic acids is 3. The summed E-state index contributed by atoms with van der Waals surface area (Å²) in [5.74, 6) is -0.572. The first-order valence-corrected chi connectivity index (χ1v) is 13.1. The van der Waals surface area contributed by atoms with Gasteiger partial charge in [-0.1, -0.05) is 25.3 Å². The Morgan fingerprint density at radius 2 is 1.48 bits per heavy atom. The maximum Gasteiger partial charge on any atom is 0.344 e. The Labute approximate surface area is 233 Å². The lowest BCUT2D eigenvalue weighted by Gasteiger charge is -2.13. The normalized spacial score (nSPS) is 10.7. The van der Waals surface area contributed by atoms with Crippen LogP contribution in [0.25, 0.3) is 22.1 Å². The van der Waals surface area contributed by atoms with E-state index in [1.165, 1.54) is 0 Å². The van der Waals surface area contributed by atoms with Crippen LogP contribution in [0.5, 0.6) is 5.75 Å². The van der Waals surface area contributed by atoms with E-state index in [0.717, 1.165) is 48.6 Å². The van der Waals surface area contributed by atoms with Crippen LogP contribution in [-0.2, 0) is 36.7 Å². The summed E-state index contributed by atoms with van der Waals surface area (Å²) in [4.78, 5) is 46.7. The van der Waals surface area contributed by atoms with Crippen molar-refractivity contribution in [3.63, 3.8) is 0 Å². The van der Waals surface area contributed by atoms with Gasteiger partial charge in [0.1, 0.15) is 11.3 Å². The molecule has 2 aromatic carbocycles. The Kier molecular flexibility index (Phi) is 11.0. The van der Waals surface area contributed by atoms with Gasteiger partial charge < -0.3 is 18.6 Å². The van der Waals surface area contributed by atoms with Crippen LogP contribution in [0.3, 0.4) is 0 Å². The second-order valence-electron chi connectivity index (χ2n) is 9.60. The summed E-state index contributed by atoms with van der Waals surface area (Å²) >= 11 is 0. The highest BCUT2D eigenvalue weighted by Gasteiger charge is 2.13. The number of hydrogen-bond donors (Lipinski definition) is 0. The molecule has 8 nitrogen and oxygen atoms in total. The molecule has 0 atom stereocenters. The van der Waals surface area contributed by atoms with Gasteiger partial charge in [0.15, 0.2) is 0 Å². The lowest BCUT2D eigenvalue weighted by Crippen LogP contribution is -2.08. The first-order valence-electron chi connectivity index (χ1n) is 13.1. The minimum atomic E-state index is -0.521. The Morgan fingerprint density at radius 1 is 0.850 bits per heavy atom. The largest absolute Gasteiger partial charge is 0.468 e. The van der Waals surface area contributed by atoms with Crippen molar-refractivity contribution in [2.45, 2.75) is 52.4 Å². The molecule has 0 N–H and O–H groups in total. The van der Waals surface area contributed by atoms with Crippen LogP contribution in [0.15, 0.2) is 76.0 Å². The first kappa shape index (κ1) is 30.1. The van der Waals surface area contributed by atoms with Gasteiger partial charge in [0.2, 0.25) is 0 Å². The van der Waals surface area contributed by atoms with Gasteiger partial charge in [-0.2, -0.15) is 0 Å². The van der Waals surface area contributed by atoms with Crippen LogP contribution in [0.1, 0.15) is 50.7 Å². The molecule has 0 saturated carbocycles. The van der Waals surface area contributed by atoms with Crippen molar-refractivity contribution in [1.82, 2.24) is 0 Å². The molecule has 210 valence electrons. The number of fused-ring (bicyclic) bond motifs is 1. The molecule has 1 heterocycles. The molecular formula is C32H34O8. The first-order chi connectivity index (χ1) is 19.2. The minimum absolute atomic E-state index is 0.289. The maximum atomic E-state index is 12.9. The van der Waals surface area contributed by atoms with Gasteiger partial charge in [0.05, 0.1) is 18.8 Å². The van der Waals surface area contributed by atoms with Crippen LogP contribution in [0, 0.1) is 0 Å². The predicted molar refractivity (Wildman–Crippen MR) is 152 cm³/mol. The van der Waals surface area contributed by atoms with Crippen molar-refractivity contribution in [3.8, 4) is 16.9 Å². The number of carbonyl (C=O) groups is 3. The van der Waals surface area contributed by atoms with E-state index in [1.54, 1.807) is 44.2 Å². The molecule has 0 saturated heterocycles. The van der Waals surface area contributed by atoms with Gasteiger partial charge in [0, 0.05) is 16.5 Å². The number of hydrogen-bond acceptors (Lipinski definition) is 8. The van der Waals surface area contributed by atoms with E-state index in [4.69, 9.17) is 18.6 Å². The van der Waals surface area contributed by atoms with Crippen molar-refractivity contribution >= 4 is 29.4 Å². The number of aryl methyl sites for hydroxylation is 2. The summed E-state index contributed by atoms with van der Waals surface area (Å²) in [5, 5.41) is 0.783. The van der Waals surface area contributed by atoms with Crippen molar-refractivity contribution in [1.29, 1.82) is 0 Å². The molecule has 0 aliphatic carbocycles. The number of unbranched alkanes of at least 4 members (excludes halogenated alkanes) is 2. The van der Waals surface area contributed by atoms with E-state index in [9.17, 15) is 19.2 Å². The summed E-state index contributed by atoms with van der Waals surface area (Å²) in [7, 11) is 0. The fourth-order valence-electron chi connectivity index (χ4n) is 4.07. The van der Waals surface area contributed by atoms with Gasteiger partial charge in [-0.15, -0.1) is 0 Å². The summed E-state index contributed by atoms with van der Waals surface area (Å²) in [5.41, 5.74) is 3.85. The Morgan fingerprint density at radius 3 is 2.10 bits per heavy atom. The van der Waals surface area contributed by atoms with Crippen LogP contribution in [0.4, 0.5) is 0 Å². The molecule has 3 rings (SSSR count). The quantitative estimate of drug-likeness (QED) is 0.0581. The van der Waals surface area contributed by atoms with Crippen molar-refractivity contribution in [2.24, 2.45) is 0 Å². The molecular weight excluding hydrogens is 512 g/mol. The molecule has 3 aromatic rings. The second kappa shape index (κ2) is 14.6. The highest BCUT2D eigenvalue weighted by atomic mass is 16.5. The minimum Gasteiger partial charge on any atom is -0.468 e. The standard InChI is InChI=1S/C32H34O8/c1-21(2)30(34)38-16-8-6-10-25-19-29-26(17-24(25)9-5-7-15-37-20-33)18-28(32(36)40-29)23-11-13-27(14-12-23)39-31(35)22(3)4/h11-14,17-20H,1,3,5-10,15-16H2,2,4H3. The van der Waals surface area contributed by atoms with Gasteiger partial charge in [-0.25, -0.2) is 14.4 Å². The highest BCUT2D eigenvalue weighted by molar-refractivity contribution is 5.89. The third kappa shape index (κ3) is 8.53. The van der Waals surface area contributed by atoms with E-state index in [0.29, 0.717) is 54.1 Å². The predicted octanol–water partition coefficient (Wildman–Crippen LogP) is 5.88. The van der Waals surface area contributed by atoms with E-state index in [-0.39, 0.29) is 5.57 Å². The fraction of sp³-hybridized carbons (Fsp3) is 0.312. The Hall–Kier alpha value is -4.46. The van der Waals surface area contributed by atoms with E-state index in [2.05, 4.69) is 13.2 Å². The molecule has 8 heteroatoms. The molecule has 0 spiro atoms. The summed E-state index contributed by atoms with van der Waals surface area (Å²) in [6, 6.07) is 12.4. The maximum absolute atomic E-state index is 12.9. The summed E-state index contributed by atoms with van der Waals surface area (Å²) in [6.07, 6.45) is 4.48. The zero-order valence-electron chi connectivity index (χ0n) is 23.0. The molecule has 0 radical (unpaired) electrons. The van der Waals surface area contributed by atoms with Gasteiger partial charge in [0.25, 0.3) is 6.47 Å². The van der Waals surface area contributed by atoms with Gasteiger partial charge in [-0.05, 0) is 99.4 Å². The zero-order valence-corrected chi connectivity index (χ0v) is 23.0. The zero-order chi connectivity index (χ0) is 29.1. The molecule has 0 amide bonds. The molecule has 0 bridgehead atoms. The number of ether oxygens (including phenoxy) is 3.